The molecule has 0 aromatic heterocycles. The van der Waals surface area contributed by atoms with E-state index in [1.807, 2.05) is 17.9 Å². The monoisotopic (exact) mass is 586 g/mol. The number of carbonyl (C=O) groups excluding carboxylic acids is 1. The van der Waals surface area contributed by atoms with E-state index >= 15 is 0 Å². The molecule has 4 rings (SSSR count). The molecule has 0 saturated carbocycles. The predicted octanol–water partition coefficient (Wildman–Crippen LogP) is 2.27. The highest BCUT2D eigenvalue weighted by atomic mass is 32.2. The number of benzene rings is 1. The Morgan fingerprint density at radius 2 is 1.83 bits per heavy atom. The van der Waals surface area contributed by atoms with Crippen LogP contribution in [0.25, 0.3) is 0 Å². The van der Waals surface area contributed by atoms with Gasteiger partial charge in [-0.05, 0) is 57.7 Å². The highest BCUT2D eigenvalue weighted by Gasteiger charge is 2.33. The maximum Gasteiger partial charge on any atom is 0.272 e. The molecule has 3 N–H and O–H groups in total. The number of rotatable bonds is 10. The topological polar surface area (TPSA) is 121 Å². The number of amides is 1. The van der Waals surface area contributed by atoms with E-state index < -0.39 is 10.0 Å². The zero-order chi connectivity index (χ0) is 29.6. The largest absolute Gasteiger partial charge is 0.390 e. The molecule has 0 aliphatic carbocycles. The minimum atomic E-state index is -3.18. The number of piperidine rings is 2. The Labute approximate surface area is 245 Å². The van der Waals surface area contributed by atoms with E-state index in [1.165, 1.54) is 22.5 Å². The quantitative estimate of drug-likeness (QED) is 0.187. The third-order valence-electron chi connectivity index (χ3n) is 8.91. The van der Waals surface area contributed by atoms with Gasteiger partial charge in [0.05, 0.1) is 25.3 Å². The number of hydrogen-bond acceptors (Lipinski definition) is 7. The molecular formula is C30H46N6O4S. The van der Waals surface area contributed by atoms with Crippen molar-refractivity contribution in [2.75, 3.05) is 52.6 Å². The van der Waals surface area contributed by atoms with Crippen LogP contribution in [0.2, 0.25) is 0 Å². The molecule has 2 unspecified atom stereocenters. The zero-order valence-electron chi connectivity index (χ0n) is 24.7. The number of allylic oxidation sites excluding steroid dienone is 1. The number of nitrogens with two attached hydrogens (primary N) is 1. The summed E-state index contributed by atoms with van der Waals surface area (Å²) in [5.74, 6) is 0.246. The van der Waals surface area contributed by atoms with Gasteiger partial charge in [-0.25, -0.2) is 17.7 Å². The summed E-state index contributed by atoms with van der Waals surface area (Å²) in [6, 6.07) is 10.9. The summed E-state index contributed by atoms with van der Waals surface area (Å²) in [6.45, 7) is 10.3. The number of ether oxygens (including phenoxy) is 1. The molecule has 1 amide bonds. The van der Waals surface area contributed by atoms with Gasteiger partial charge in [-0.1, -0.05) is 36.9 Å². The third kappa shape index (κ3) is 7.97. The van der Waals surface area contributed by atoms with Crippen LogP contribution in [0, 0.1) is 0 Å². The molecule has 1 aromatic rings. The van der Waals surface area contributed by atoms with Crippen molar-refractivity contribution >= 4 is 22.3 Å². The second kappa shape index (κ2) is 14.0. The third-order valence-corrected chi connectivity index (χ3v) is 10.3. The number of sulfonamides is 1. The fourth-order valence-corrected chi connectivity index (χ4v) is 6.93. The van der Waals surface area contributed by atoms with Crippen molar-refractivity contribution < 1.29 is 17.9 Å². The second-order valence-electron chi connectivity index (χ2n) is 11.5. The van der Waals surface area contributed by atoms with Crippen molar-refractivity contribution in [1.82, 2.24) is 19.4 Å². The van der Waals surface area contributed by atoms with Crippen LogP contribution in [-0.2, 0) is 19.6 Å². The molecule has 0 bridgehead atoms. The van der Waals surface area contributed by atoms with Gasteiger partial charge in [0.25, 0.3) is 5.91 Å². The smallest absolute Gasteiger partial charge is 0.272 e. The maximum atomic E-state index is 13.5. The lowest BCUT2D eigenvalue weighted by Crippen LogP contribution is -2.52. The summed E-state index contributed by atoms with van der Waals surface area (Å²) in [5.41, 5.74) is 8.56. The van der Waals surface area contributed by atoms with Crippen molar-refractivity contribution in [3.05, 3.63) is 59.4 Å². The fourth-order valence-electron chi connectivity index (χ4n) is 6.17. The van der Waals surface area contributed by atoms with E-state index in [1.54, 1.807) is 7.05 Å². The van der Waals surface area contributed by atoms with Crippen LogP contribution in [0.3, 0.4) is 0 Å². The Morgan fingerprint density at radius 1 is 1.17 bits per heavy atom. The Morgan fingerprint density at radius 3 is 2.44 bits per heavy atom. The van der Waals surface area contributed by atoms with E-state index in [-0.39, 0.29) is 18.1 Å². The fraction of sp³-hybridized carbons (Fsp3) is 0.600. The van der Waals surface area contributed by atoms with Crippen LogP contribution >= 0.6 is 0 Å². The summed E-state index contributed by atoms with van der Waals surface area (Å²) < 4.78 is 31.3. The lowest BCUT2D eigenvalue weighted by atomic mass is 9.96. The molecular weight excluding hydrogens is 540 g/mol. The lowest BCUT2D eigenvalue weighted by molar-refractivity contribution is -0.128. The standard InChI is InChI=1S/C30H46N6O4S/c1-22(23(2)32-19-28-18-25(20-40-28)24-8-6-5-7-9-24)29(33-21-31)30(37)36-16-12-27(13-17-36)35-14-10-26(11-15-35)34(3)41(4,38)39/h5-9,21,25-28,32H,2,10-20H2,1,3-4H3,(H2,31,33)/b29-22-. The SMILES string of the molecule is C=C(NCC1CC(c2ccccc2)CO1)/C(C)=C(\N=C/N)C(=O)N1CCC(N2CCC(N(C)S(C)(=O)=O)CC2)CC1. The second-order valence-corrected chi connectivity index (χ2v) is 13.5. The number of carbonyl (C=O) groups is 1. The first-order valence-corrected chi connectivity index (χ1v) is 16.4. The minimum Gasteiger partial charge on any atom is -0.390 e. The zero-order valence-corrected chi connectivity index (χ0v) is 25.5. The van der Waals surface area contributed by atoms with Crippen LogP contribution in [0.15, 0.2) is 58.9 Å². The molecule has 3 aliphatic heterocycles. The van der Waals surface area contributed by atoms with Gasteiger partial charge < -0.3 is 25.6 Å². The van der Waals surface area contributed by atoms with Crippen molar-refractivity contribution in [2.24, 2.45) is 10.7 Å². The Balaban J connectivity index is 1.27. The average molecular weight is 587 g/mol. The van der Waals surface area contributed by atoms with E-state index in [4.69, 9.17) is 10.5 Å². The molecule has 3 heterocycles. The van der Waals surface area contributed by atoms with Crippen LogP contribution in [-0.4, -0.2) is 106 Å². The van der Waals surface area contributed by atoms with Crippen molar-refractivity contribution in [1.29, 1.82) is 0 Å². The summed E-state index contributed by atoms with van der Waals surface area (Å²) in [5, 5.41) is 3.35. The van der Waals surface area contributed by atoms with E-state index in [0.29, 0.717) is 55.2 Å². The lowest BCUT2D eigenvalue weighted by Gasteiger charge is -2.43. The first-order valence-electron chi connectivity index (χ1n) is 14.6. The van der Waals surface area contributed by atoms with Gasteiger partial charge in [0.2, 0.25) is 10.0 Å². The van der Waals surface area contributed by atoms with Gasteiger partial charge in [-0.15, -0.1) is 0 Å². The Bertz CT molecular complexity index is 1220. The molecule has 0 spiro atoms. The van der Waals surface area contributed by atoms with Gasteiger partial charge >= 0.3 is 0 Å². The number of likely N-dealkylation sites (tertiary alicyclic amines) is 2. The molecule has 0 radical (unpaired) electrons. The van der Waals surface area contributed by atoms with Crippen LogP contribution in [0.5, 0.6) is 0 Å². The molecule has 11 heteroatoms. The van der Waals surface area contributed by atoms with E-state index in [9.17, 15) is 13.2 Å². The van der Waals surface area contributed by atoms with Gasteiger partial charge in [0.15, 0.2) is 0 Å². The molecule has 41 heavy (non-hydrogen) atoms. The van der Waals surface area contributed by atoms with Crippen LogP contribution < -0.4 is 11.1 Å². The molecule has 1 aromatic carbocycles. The summed E-state index contributed by atoms with van der Waals surface area (Å²) >= 11 is 0. The first kappa shape index (κ1) is 31.2. The van der Waals surface area contributed by atoms with Gasteiger partial charge in [0.1, 0.15) is 5.70 Å². The van der Waals surface area contributed by atoms with Gasteiger partial charge in [-0.3, -0.25) is 4.79 Å². The average Bonchev–Trinajstić information content (AvgIpc) is 3.47. The molecule has 3 fully saturated rings. The molecule has 3 saturated heterocycles. The Kier molecular flexibility index (Phi) is 10.6. The highest BCUT2D eigenvalue weighted by Crippen LogP contribution is 2.29. The van der Waals surface area contributed by atoms with Gasteiger partial charge in [-0.2, -0.15) is 0 Å². The van der Waals surface area contributed by atoms with Crippen molar-refractivity contribution in [3.63, 3.8) is 0 Å². The first-order chi connectivity index (χ1) is 19.6. The minimum absolute atomic E-state index is 0.0555. The molecule has 2 atom stereocenters. The van der Waals surface area contributed by atoms with E-state index in [0.717, 1.165) is 45.2 Å². The maximum absolute atomic E-state index is 13.5. The summed E-state index contributed by atoms with van der Waals surface area (Å²) in [4.78, 5) is 22.1. The van der Waals surface area contributed by atoms with Crippen molar-refractivity contribution in [2.45, 2.75) is 63.1 Å². The predicted molar refractivity (Wildman–Crippen MR) is 163 cm³/mol. The van der Waals surface area contributed by atoms with Gasteiger partial charge in [0, 0.05) is 56.0 Å². The highest BCUT2D eigenvalue weighted by molar-refractivity contribution is 7.88. The molecule has 3 aliphatic rings. The number of nitrogens with one attached hydrogen (secondary N) is 1. The number of hydrogen-bond donors (Lipinski definition) is 2. The number of nitrogens with zero attached hydrogens (tertiary/aromatic N) is 4. The normalized spacial score (nSPS) is 24.1. The molecule has 226 valence electrons. The molecule has 10 nitrogen and oxygen atoms in total. The number of aliphatic imine (C=N–C) groups is 1. The van der Waals surface area contributed by atoms with Crippen LogP contribution in [0.4, 0.5) is 0 Å². The Hall–Kier alpha value is -2.73. The summed E-state index contributed by atoms with van der Waals surface area (Å²) in [6.07, 6.45) is 6.83. The van der Waals surface area contributed by atoms with E-state index in [2.05, 4.69) is 46.1 Å². The van der Waals surface area contributed by atoms with Crippen molar-refractivity contribution in [3.8, 4) is 0 Å². The van der Waals surface area contributed by atoms with Crippen LogP contribution in [0.1, 0.15) is 50.5 Å². The summed E-state index contributed by atoms with van der Waals surface area (Å²) in [7, 11) is -1.51.